The summed E-state index contributed by atoms with van der Waals surface area (Å²) in [4.78, 5) is 12.6. The Morgan fingerprint density at radius 1 is 1.10 bits per heavy atom. The van der Waals surface area contributed by atoms with E-state index in [2.05, 4.69) is 19.2 Å². The lowest BCUT2D eigenvalue weighted by atomic mass is 9.94. The molecule has 156 valence electrons. The highest BCUT2D eigenvalue weighted by Gasteiger charge is 2.31. The number of carbonyl (C=O) groups excluding carboxylic acids is 1. The second-order valence-electron chi connectivity index (χ2n) is 7.87. The normalized spacial score (nSPS) is 20.2. The molecule has 2 aromatic rings. The van der Waals surface area contributed by atoms with Gasteiger partial charge in [0.1, 0.15) is 5.75 Å². The number of piperidine rings is 1. The number of ether oxygens (including phenoxy) is 1. The molecule has 2 aromatic carbocycles. The van der Waals surface area contributed by atoms with Crippen LogP contribution in [-0.4, -0.2) is 38.8 Å². The molecule has 1 aliphatic rings. The Balaban J connectivity index is 1.65. The fourth-order valence-electron chi connectivity index (χ4n) is 3.83. The van der Waals surface area contributed by atoms with Gasteiger partial charge in [-0.05, 0) is 60.2 Å². The van der Waals surface area contributed by atoms with Crippen LogP contribution in [0.4, 0.5) is 5.69 Å². The van der Waals surface area contributed by atoms with Gasteiger partial charge in [0, 0.05) is 18.8 Å². The number of methoxy groups -OCH3 is 1. The zero-order chi connectivity index (χ0) is 21.0. The lowest BCUT2D eigenvalue weighted by Crippen LogP contribution is -2.42. The van der Waals surface area contributed by atoms with Crippen LogP contribution in [0, 0.1) is 11.8 Å². The van der Waals surface area contributed by atoms with E-state index in [4.69, 9.17) is 4.74 Å². The Bertz CT molecular complexity index is 947. The first-order valence-corrected chi connectivity index (χ1v) is 11.2. The van der Waals surface area contributed by atoms with Crippen LogP contribution >= 0.6 is 0 Å². The third kappa shape index (κ3) is 5.36. The number of sulfonamides is 1. The summed E-state index contributed by atoms with van der Waals surface area (Å²) in [5, 5.41) is 2.81. The van der Waals surface area contributed by atoms with Crippen LogP contribution in [0.3, 0.4) is 0 Å². The molecule has 2 unspecified atom stereocenters. The molecule has 0 spiro atoms. The van der Waals surface area contributed by atoms with Crippen molar-refractivity contribution in [2.45, 2.75) is 31.6 Å². The molecule has 0 aromatic heterocycles. The predicted molar refractivity (Wildman–Crippen MR) is 113 cm³/mol. The smallest absolute Gasteiger partial charge is 0.243 e. The van der Waals surface area contributed by atoms with Gasteiger partial charge in [-0.2, -0.15) is 4.31 Å². The Labute approximate surface area is 172 Å². The second-order valence-corrected chi connectivity index (χ2v) is 9.81. The standard InChI is InChI=1S/C22H28N2O4S/c1-16-11-17(2)15-24(14-16)29(26,27)21-9-7-19(8-10-21)23-22(25)13-18-5-4-6-20(12-18)28-3/h4-10,12,16-17H,11,13-15H2,1-3H3,(H,23,25). The highest BCUT2D eigenvalue weighted by Crippen LogP contribution is 2.27. The van der Waals surface area contributed by atoms with Crippen LogP contribution in [0.2, 0.25) is 0 Å². The topological polar surface area (TPSA) is 75.7 Å². The number of hydrogen-bond donors (Lipinski definition) is 1. The van der Waals surface area contributed by atoms with Crippen molar-refractivity contribution in [3.63, 3.8) is 0 Å². The summed E-state index contributed by atoms with van der Waals surface area (Å²) < 4.78 is 32.6. The highest BCUT2D eigenvalue weighted by molar-refractivity contribution is 7.89. The van der Waals surface area contributed by atoms with Gasteiger partial charge in [0.15, 0.2) is 0 Å². The molecule has 1 aliphatic heterocycles. The fraction of sp³-hybridized carbons (Fsp3) is 0.409. The number of benzene rings is 2. The van der Waals surface area contributed by atoms with Crippen LogP contribution in [0.1, 0.15) is 25.8 Å². The number of anilines is 1. The van der Waals surface area contributed by atoms with Gasteiger partial charge in [0.2, 0.25) is 15.9 Å². The van der Waals surface area contributed by atoms with Gasteiger partial charge in [-0.1, -0.05) is 26.0 Å². The number of carbonyl (C=O) groups is 1. The molecule has 3 rings (SSSR count). The lowest BCUT2D eigenvalue weighted by molar-refractivity contribution is -0.115. The quantitative estimate of drug-likeness (QED) is 0.781. The summed E-state index contributed by atoms with van der Waals surface area (Å²) in [5.41, 5.74) is 1.41. The zero-order valence-corrected chi connectivity index (χ0v) is 17.9. The van der Waals surface area contributed by atoms with Crippen LogP contribution in [-0.2, 0) is 21.2 Å². The van der Waals surface area contributed by atoms with Crippen molar-refractivity contribution >= 4 is 21.6 Å². The molecular formula is C22H28N2O4S. The largest absolute Gasteiger partial charge is 0.497 e. The van der Waals surface area contributed by atoms with Crippen LogP contribution < -0.4 is 10.1 Å². The Kier molecular flexibility index (Phi) is 6.59. The van der Waals surface area contributed by atoms with Crippen molar-refractivity contribution < 1.29 is 17.9 Å². The first-order chi connectivity index (χ1) is 13.8. The number of nitrogens with one attached hydrogen (secondary N) is 1. The average molecular weight is 417 g/mol. The van der Waals surface area contributed by atoms with Crippen LogP contribution in [0.25, 0.3) is 0 Å². The van der Waals surface area contributed by atoms with Crippen molar-refractivity contribution in [2.24, 2.45) is 11.8 Å². The number of hydrogen-bond acceptors (Lipinski definition) is 4. The molecule has 1 fully saturated rings. The summed E-state index contributed by atoms with van der Waals surface area (Å²) in [5.74, 6) is 1.23. The van der Waals surface area contributed by atoms with Crippen molar-refractivity contribution in [1.82, 2.24) is 4.31 Å². The summed E-state index contributed by atoms with van der Waals surface area (Å²) >= 11 is 0. The van der Waals surface area contributed by atoms with Crippen molar-refractivity contribution in [2.75, 3.05) is 25.5 Å². The molecule has 1 amide bonds. The van der Waals surface area contributed by atoms with Crippen molar-refractivity contribution in [1.29, 1.82) is 0 Å². The average Bonchev–Trinajstić information content (AvgIpc) is 2.67. The fourth-order valence-corrected chi connectivity index (χ4v) is 5.51. The monoisotopic (exact) mass is 416 g/mol. The number of nitrogens with zero attached hydrogens (tertiary/aromatic N) is 1. The predicted octanol–water partition coefficient (Wildman–Crippen LogP) is 3.54. The minimum absolute atomic E-state index is 0.174. The van der Waals surface area contributed by atoms with Gasteiger partial charge < -0.3 is 10.1 Å². The molecule has 7 heteroatoms. The van der Waals surface area contributed by atoms with Crippen LogP contribution in [0.15, 0.2) is 53.4 Å². The molecular weight excluding hydrogens is 388 g/mol. The Morgan fingerprint density at radius 3 is 2.38 bits per heavy atom. The summed E-state index contributed by atoms with van der Waals surface area (Å²) in [6.07, 6.45) is 1.26. The van der Waals surface area contributed by atoms with Crippen molar-refractivity contribution in [3.8, 4) is 5.75 Å². The van der Waals surface area contributed by atoms with E-state index >= 15 is 0 Å². The van der Waals surface area contributed by atoms with E-state index in [1.165, 1.54) is 0 Å². The van der Waals surface area contributed by atoms with Gasteiger partial charge in [-0.15, -0.1) is 0 Å². The molecule has 1 saturated heterocycles. The molecule has 2 atom stereocenters. The van der Waals surface area contributed by atoms with Gasteiger partial charge in [-0.25, -0.2) is 8.42 Å². The molecule has 1 N–H and O–H groups in total. The maximum Gasteiger partial charge on any atom is 0.243 e. The third-order valence-electron chi connectivity index (χ3n) is 5.11. The van der Waals surface area contributed by atoms with E-state index < -0.39 is 10.0 Å². The Morgan fingerprint density at radius 2 is 1.76 bits per heavy atom. The SMILES string of the molecule is COc1cccc(CC(=O)Nc2ccc(S(=O)(=O)N3CC(C)CC(C)C3)cc2)c1. The highest BCUT2D eigenvalue weighted by atomic mass is 32.2. The minimum Gasteiger partial charge on any atom is -0.497 e. The minimum atomic E-state index is -3.52. The maximum atomic E-state index is 12.9. The van der Waals surface area contributed by atoms with Gasteiger partial charge in [-0.3, -0.25) is 4.79 Å². The molecule has 0 saturated carbocycles. The van der Waals surface area contributed by atoms with E-state index in [0.29, 0.717) is 36.4 Å². The third-order valence-corrected chi connectivity index (χ3v) is 6.96. The molecule has 29 heavy (non-hydrogen) atoms. The second kappa shape index (κ2) is 8.97. The number of amides is 1. The van der Waals surface area contributed by atoms with Gasteiger partial charge in [0.25, 0.3) is 0 Å². The molecule has 0 aliphatic carbocycles. The summed E-state index contributed by atoms with van der Waals surface area (Å²) in [7, 11) is -1.94. The van der Waals surface area contributed by atoms with E-state index in [9.17, 15) is 13.2 Å². The van der Waals surface area contributed by atoms with E-state index in [0.717, 1.165) is 12.0 Å². The lowest BCUT2D eigenvalue weighted by Gasteiger charge is -2.34. The van der Waals surface area contributed by atoms with E-state index in [-0.39, 0.29) is 17.2 Å². The maximum absolute atomic E-state index is 12.9. The zero-order valence-electron chi connectivity index (χ0n) is 17.1. The van der Waals surface area contributed by atoms with E-state index in [1.54, 1.807) is 35.7 Å². The van der Waals surface area contributed by atoms with Gasteiger partial charge in [0.05, 0.1) is 18.4 Å². The first kappa shape index (κ1) is 21.3. The summed E-state index contributed by atoms with van der Waals surface area (Å²) in [6.45, 7) is 5.26. The first-order valence-electron chi connectivity index (χ1n) is 9.81. The van der Waals surface area contributed by atoms with E-state index in [1.807, 2.05) is 24.3 Å². The molecule has 0 radical (unpaired) electrons. The van der Waals surface area contributed by atoms with Crippen molar-refractivity contribution in [3.05, 3.63) is 54.1 Å². The van der Waals surface area contributed by atoms with Crippen LogP contribution in [0.5, 0.6) is 5.75 Å². The van der Waals surface area contributed by atoms with Gasteiger partial charge >= 0.3 is 0 Å². The summed E-state index contributed by atoms with van der Waals surface area (Å²) in [6, 6.07) is 13.7. The Hall–Kier alpha value is -2.38. The molecule has 1 heterocycles. The molecule has 0 bridgehead atoms. The molecule has 6 nitrogen and oxygen atoms in total. The number of rotatable bonds is 6.